The van der Waals surface area contributed by atoms with Crippen molar-refractivity contribution >= 4 is 17.5 Å². The highest BCUT2D eigenvalue weighted by molar-refractivity contribution is 6.27. The van der Waals surface area contributed by atoms with Gasteiger partial charge in [-0.3, -0.25) is 4.79 Å². The van der Waals surface area contributed by atoms with Crippen molar-refractivity contribution in [2.45, 2.75) is 18.6 Å². The first-order valence-electron chi connectivity index (χ1n) is 3.74. The monoisotopic (exact) mass is 193 g/mol. The van der Waals surface area contributed by atoms with Crippen molar-refractivity contribution in [3.8, 4) is 0 Å². The summed E-state index contributed by atoms with van der Waals surface area (Å²) in [4.78, 5) is 10.8. The lowest BCUT2D eigenvalue weighted by molar-refractivity contribution is -0.192. The number of carbonyl (C=O) groups excluding carboxylic acids is 1. The van der Waals surface area contributed by atoms with E-state index < -0.39 is 5.60 Å². The maximum absolute atomic E-state index is 10.8. The molecule has 1 saturated heterocycles. The van der Waals surface area contributed by atoms with Crippen LogP contribution in [0.25, 0.3) is 0 Å². The standard InChI is InChI=1S/C7H12ClNO3/c1-5(9-6(10)2-8)7(11)3-12-4-7/h5,11H,2-4H2,1H3,(H,9,10). The van der Waals surface area contributed by atoms with Crippen LogP contribution in [0.4, 0.5) is 0 Å². The van der Waals surface area contributed by atoms with Crippen LogP contribution < -0.4 is 5.32 Å². The first-order valence-corrected chi connectivity index (χ1v) is 4.27. The molecule has 0 aromatic heterocycles. The van der Waals surface area contributed by atoms with Crippen LogP contribution in [0.1, 0.15) is 6.92 Å². The normalized spacial score (nSPS) is 22.6. The molecule has 0 aromatic carbocycles. The number of nitrogens with one attached hydrogen (secondary N) is 1. The van der Waals surface area contributed by atoms with Crippen LogP contribution in [-0.2, 0) is 9.53 Å². The van der Waals surface area contributed by atoms with Crippen LogP contribution in [0.3, 0.4) is 0 Å². The molecule has 2 N–H and O–H groups in total. The second-order valence-electron chi connectivity index (χ2n) is 3.02. The summed E-state index contributed by atoms with van der Waals surface area (Å²) in [5, 5.41) is 12.2. The molecule has 0 spiro atoms. The first kappa shape index (κ1) is 9.77. The summed E-state index contributed by atoms with van der Waals surface area (Å²) in [6, 6.07) is -0.308. The van der Waals surface area contributed by atoms with Crippen molar-refractivity contribution in [3.05, 3.63) is 0 Å². The van der Waals surface area contributed by atoms with E-state index in [2.05, 4.69) is 5.32 Å². The number of hydrogen-bond donors (Lipinski definition) is 2. The Bertz CT molecular complexity index is 181. The Morgan fingerprint density at radius 2 is 2.42 bits per heavy atom. The highest BCUT2D eigenvalue weighted by Gasteiger charge is 2.42. The molecule has 0 aliphatic carbocycles. The van der Waals surface area contributed by atoms with E-state index in [9.17, 15) is 9.90 Å². The molecule has 1 aliphatic rings. The Morgan fingerprint density at radius 1 is 1.83 bits per heavy atom. The zero-order valence-corrected chi connectivity index (χ0v) is 7.60. The van der Waals surface area contributed by atoms with Gasteiger partial charge in [-0.2, -0.15) is 0 Å². The fourth-order valence-corrected chi connectivity index (χ4v) is 1.05. The van der Waals surface area contributed by atoms with E-state index in [-0.39, 0.29) is 31.0 Å². The molecule has 0 saturated carbocycles. The first-order chi connectivity index (χ1) is 5.58. The van der Waals surface area contributed by atoms with E-state index in [1.807, 2.05) is 0 Å². The van der Waals surface area contributed by atoms with Gasteiger partial charge in [-0.15, -0.1) is 11.6 Å². The van der Waals surface area contributed by atoms with Crippen molar-refractivity contribution in [2.24, 2.45) is 0 Å². The van der Waals surface area contributed by atoms with Gasteiger partial charge in [0.2, 0.25) is 5.91 Å². The molecule has 1 unspecified atom stereocenters. The number of ether oxygens (including phenoxy) is 1. The van der Waals surface area contributed by atoms with E-state index >= 15 is 0 Å². The number of rotatable bonds is 3. The van der Waals surface area contributed by atoms with Gasteiger partial charge in [0, 0.05) is 0 Å². The summed E-state index contributed by atoms with van der Waals surface area (Å²) in [6.07, 6.45) is 0. The number of alkyl halides is 1. The number of halogens is 1. The highest BCUT2D eigenvalue weighted by Crippen LogP contribution is 2.20. The lowest BCUT2D eigenvalue weighted by Crippen LogP contribution is -2.62. The Balaban J connectivity index is 2.37. The summed E-state index contributed by atoms with van der Waals surface area (Å²) < 4.78 is 4.84. The van der Waals surface area contributed by atoms with Crippen molar-refractivity contribution in [1.82, 2.24) is 5.32 Å². The van der Waals surface area contributed by atoms with Gasteiger partial charge in [0.1, 0.15) is 11.5 Å². The average Bonchev–Trinajstić information content (AvgIpc) is 1.99. The van der Waals surface area contributed by atoms with Gasteiger partial charge in [-0.25, -0.2) is 0 Å². The molecule has 1 aliphatic heterocycles. The van der Waals surface area contributed by atoms with E-state index in [1.54, 1.807) is 6.92 Å². The predicted octanol–water partition coefficient (Wildman–Crippen LogP) is -0.509. The lowest BCUT2D eigenvalue weighted by atomic mass is 9.94. The van der Waals surface area contributed by atoms with E-state index in [1.165, 1.54) is 0 Å². The number of aliphatic hydroxyl groups is 1. The largest absolute Gasteiger partial charge is 0.383 e. The van der Waals surface area contributed by atoms with E-state index in [0.717, 1.165) is 0 Å². The molecule has 0 aromatic rings. The minimum absolute atomic E-state index is 0.0821. The van der Waals surface area contributed by atoms with Crippen LogP contribution in [0.5, 0.6) is 0 Å². The Kier molecular flexibility index (Phi) is 2.93. The summed E-state index contributed by atoms with van der Waals surface area (Å²) in [7, 11) is 0. The summed E-state index contributed by atoms with van der Waals surface area (Å²) in [6.45, 7) is 2.28. The third-order valence-corrected chi connectivity index (χ3v) is 2.25. The van der Waals surface area contributed by atoms with Gasteiger partial charge >= 0.3 is 0 Å². The molecule has 4 nitrogen and oxygen atoms in total. The summed E-state index contributed by atoms with van der Waals surface area (Å²) in [5.74, 6) is -0.356. The molecule has 1 fully saturated rings. The van der Waals surface area contributed by atoms with Crippen molar-refractivity contribution in [2.75, 3.05) is 19.1 Å². The van der Waals surface area contributed by atoms with E-state index in [0.29, 0.717) is 0 Å². The smallest absolute Gasteiger partial charge is 0.235 e. The molecular formula is C7H12ClNO3. The van der Waals surface area contributed by atoms with Gasteiger partial charge < -0.3 is 15.2 Å². The molecule has 0 radical (unpaired) electrons. The van der Waals surface area contributed by atoms with Gasteiger partial charge in [0.15, 0.2) is 0 Å². The Labute approximate surface area is 75.8 Å². The van der Waals surface area contributed by atoms with Crippen LogP contribution >= 0.6 is 11.6 Å². The van der Waals surface area contributed by atoms with Gasteiger partial charge in [-0.05, 0) is 6.92 Å². The van der Waals surface area contributed by atoms with Crippen LogP contribution in [0.2, 0.25) is 0 Å². The van der Waals surface area contributed by atoms with Crippen LogP contribution in [0, 0.1) is 0 Å². The fraction of sp³-hybridized carbons (Fsp3) is 0.857. The number of amides is 1. The molecule has 1 atom stereocenters. The highest BCUT2D eigenvalue weighted by atomic mass is 35.5. The fourth-order valence-electron chi connectivity index (χ4n) is 0.976. The Hall–Kier alpha value is -0.320. The second-order valence-corrected chi connectivity index (χ2v) is 3.29. The molecule has 12 heavy (non-hydrogen) atoms. The number of hydrogen-bond acceptors (Lipinski definition) is 3. The third kappa shape index (κ3) is 1.88. The SMILES string of the molecule is CC(NC(=O)CCl)C1(O)COC1. The molecule has 0 bridgehead atoms. The third-order valence-electron chi connectivity index (χ3n) is 2.01. The maximum Gasteiger partial charge on any atom is 0.235 e. The predicted molar refractivity (Wildman–Crippen MR) is 44.1 cm³/mol. The molecule has 1 rings (SSSR count). The minimum Gasteiger partial charge on any atom is -0.383 e. The minimum atomic E-state index is -0.901. The molecule has 1 amide bonds. The quantitative estimate of drug-likeness (QED) is 0.594. The molecular weight excluding hydrogens is 182 g/mol. The van der Waals surface area contributed by atoms with Gasteiger partial charge in [-0.1, -0.05) is 0 Å². The summed E-state index contributed by atoms with van der Waals surface area (Å²) in [5.41, 5.74) is -0.901. The second kappa shape index (κ2) is 3.60. The van der Waals surface area contributed by atoms with Crippen molar-refractivity contribution < 1.29 is 14.6 Å². The van der Waals surface area contributed by atoms with Crippen LogP contribution in [-0.4, -0.2) is 41.8 Å². The van der Waals surface area contributed by atoms with Crippen molar-refractivity contribution in [3.63, 3.8) is 0 Å². The molecule has 1 heterocycles. The Morgan fingerprint density at radius 3 is 2.75 bits per heavy atom. The van der Waals surface area contributed by atoms with Crippen molar-refractivity contribution in [1.29, 1.82) is 0 Å². The molecule has 5 heteroatoms. The zero-order chi connectivity index (χ0) is 9.19. The summed E-state index contributed by atoms with van der Waals surface area (Å²) >= 11 is 5.28. The van der Waals surface area contributed by atoms with E-state index in [4.69, 9.17) is 16.3 Å². The van der Waals surface area contributed by atoms with Gasteiger partial charge in [0.25, 0.3) is 0 Å². The molecule has 70 valence electrons. The van der Waals surface area contributed by atoms with Gasteiger partial charge in [0.05, 0.1) is 19.3 Å². The zero-order valence-electron chi connectivity index (χ0n) is 6.84. The van der Waals surface area contributed by atoms with Crippen LogP contribution in [0.15, 0.2) is 0 Å². The number of carbonyl (C=O) groups is 1. The lowest BCUT2D eigenvalue weighted by Gasteiger charge is -2.41. The maximum atomic E-state index is 10.8. The topological polar surface area (TPSA) is 58.6 Å². The average molecular weight is 194 g/mol.